The number of fused-ring (bicyclic) bond motifs is 4. The number of hydrogen-bond donors (Lipinski definition) is 1. The second-order valence-corrected chi connectivity index (χ2v) is 10.0. The summed E-state index contributed by atoms with van der Waals surface area (Å²) in [6, 6.07) is 17.0. The smallest absolute Gasteiger partial charge is 0.243 e. The molecule has 156 valence electrons. The standard InChI is InChI=1S/C22H22ClN3O3S/c1-29-20-9-8-16(15-17(20)23)30(27,28)25-13-10-22(11-14-25)21-7-4-12-26(21)19-6-3-2-5-18(19)24-22/h2-9,12,15,24H,10-11,13-14H2,1H3. The van der Waals surface area contributed by atoms with Gasteiger partial charge in [0.15, 0.2) is 0 Å². The summed E-state index contributed by atoms with van der Waals surface area (Å²) >= 11 is 6.16. The summed E-state index contributed by atoms with van der Waals surface area (Å²) in [6.07, 6.45) is 3.42. The number of benzene rings is 2. The maximum atomic E-state index is 13.2. The van der Waals surface area contributed by atoms with E-state index in [-0.39, 0.29) is 15.5 Å². The Labute approximate surface area is 181 Å². The molecule has 0 amide bonds. The van der Waals surface area contributed by atoms with Crippen molar-refractivity contribution in [1.82, 2.24) is 8.87 Å². The predicted molar refractivity (Wildman–Crippen MR) is 117 cm³/mol. The molecule has 0 atom stereocenters. The van der Waals surface area contributed by atoms with Crippen LogP contribution in [0.5, 0.6) is 5.75 Å². The van der Waals surface area contributed by atoms with Gasteiger partial charge in [-0.05, 0) is 55.3 Å². The molecule has 1 spiro atoms. The van der Waals surface area contributed by atoms with E-state index in [1.54, 1.807) is 16.4 Å². The molecule has 8 heteroatoms. The average Bonchev–Trinajstić information content (AvgIpc) is 3.25. The van der Waals surface area contributed by atoms with Gasteiger partial charge in [0.25, 0.3) is 0 Å². The summed E-state index contributed by atoms with van der Waals surface area (Å²) in [7, 11) is -2.13. The maximum Gasteiger partial charge on any atom is 0.243 e. The van der Waals surface area contributed by atoms with Crippen LogP contribution in [-0.4, -0.2) is 37.5 Å². The number of halogens is 1. The van der Waals surface area contributed by atoms with E-state index in [0.717, 1.165) is 11.4 Å². The first kappa shape index (κ1) is 19.5. The van der Waals surface area contributed by atoms with E-state index in [2.05, 4.69) is 34.3 Å². The molecule has 1 aromatic heterocycles. The number of piperidine rings is 1. The number of hydrogen-bond acceptors (Lipinski definition) is 4. The van der Waals surface area contributed by atoms with Gasteiger partial charge in [0.1, 0.15) is 5.75 Å². The lowest BCUT2D eigenvalue weighted by atomic mass is 9.83. The first-order chi connectivity index (χ1) is 14.4. The van der Waals surface area contributed by atoms with Crippen LogP contribution in [0.4, 0.5) is 5.69 Å². The van der Waals surface area contributed by atoms with Crippen LogP contribution < -0.4 is 10.1 Å². The van der Waals surface area contributed by atoms with Gasteiger partial charge in [0.2, 0.25) is 10.0 Å². The van der Waals surface area contributed by atoms with E-state index in [4.69, 9.17) is 16.3 Å². The summed E-state index contributed by atoms with van der Waals surface area (Å²) in [5, 5.41) is 4.00. The minimum Gasteiger partial charge on any atom is -0.495 e. The zero-order valence-electron chi connectivity index (χ0n) is 16.5. The number of nitrogens with zero attached hydrogens (tertiary/aromatic N) is 2. The van der Waals surface area contributed by atoms with Crippen molar-refractivity contribution < 1.29 is 13.2 Å². The first-order valence-electron chi connectivity index (χ1n) is 9.84. The Balaban J connectivity index is 1.43. The van der Waals surface area contributed by atoms with E-state index in [1.807, 2.05) is 18.2 Å². The van der Waals surface area contributed by atoms with Crippen LogP contribution in [0.2, 0.25) is 5.02 Å². The SMILES string of the molecule is COc1ccc(S(=O)(=O)N2CCC3(CC2)Nc2ccccc2-n2cccc23)cc1Cl. The largest absolute Gasteiger partial charge is 0.495 e. The highest BCUT2D eigenvalue weighted by molar-refractivity contribution is 7.89. The molecule has 0 saturated carbocycles. The van der Waals surface area contributed by atoms with Gasteiger partial charge in [-0.3, -0.25) is 0 Å². The number of anilines is 1. The third kappa shape index (κ3) is 2.92. The van der Waals surface area contributed by atoms with E-state index in [9.17, 15) is 8.42 Å². The molecular formula is C22H22ClN3O3S. The predicted octanol–water partition coefficient (Wildman–Crippen LogP) is 4.24. The molecule has 3 aromatic rings. The molecule has 0 unspecified atom stereocenters. The van der Waals surface area contributed by atoms with E-state index in [0.29, 0.717) is 31.7 Å². The first-order valence-corrected chi connectivity index (χ1v) is 11.7. The molecule has 1 saturated heterocycles. The lowest BCUT2D eigenvalue weighted by Gasteiger charge is -2.45. The second kappa shape index (κ2) is 7.04. The van der Waals surface area contributed by atoms with Crippen molar-refractivity contribution in [2.45, 2.75) is 23.3 Å². The molecule has 2 aromatic carbocycles. The lowest BCUT2D eigenvalue weighted by Crippen LogP contribution is -2.50. The van der Waals surface area contributed by atoms with Crippen molar-refractivity contribution >= 4 is 27.3 Å². The fourth-order valence-corrected chi connectivity index (χ4v) is 6.33. The number of nitrogens with one attached hydrogen (secondary N) is 1. The minimum atomic E-state index is -3.63. The summed E-state index contributed by atoms with van der Waals surface area (Å²) in [5.41, 5.74) is 3.07. The number of ether oxygens (including phenoxy) is 1. The average molecular weight is 444 g/mol. The minimum absolute atomic E-state index is 0.189. The monoisotopic (exact) mass is 443 g/mol. The van der Waals surface area contributed by atoms with E-state index < -0.39 is 10.0 Å². The van der Waals surface area contributed by atoms with Crippen molar-refractivity contribution in [3.8, 4) is 11.4 Å². The fourth-order valence-electron chi connectivity index (χ4n) is 4.54. The summed E-state index contributed by atoms with van der Waals surface area (Å²) in [4.78, 5) is 0.189. The molecule has 0 radical (unpaired) electrons. The molecule has 5 rings (SSSR count). The van der Waals surface area contributed by atoms with Crippen LogP contribution in [0.3, 0.4) is 0 Å². The van der Waals surface area contributed by atoms with Crippen molar-refractivity contribution in [3.05, 3.63) is 71.5 Å². The number of sulfonamides is 1. The van der Waals surface area contributed by atoms with E-state index >= 15 is 0 Å². The lowest BCUT2D eigenvalue weighted by molar-refractivity contribution is 0.247. The van der Waals surface area contributed by atoms with Crippen LogP contribution in [-0.2, 0) is 15.6 Å². The Hall–Kier alpha value is -2.48. The number of methoxy groups -OCH3 is 1. The van der Waals surface area contributed by atoms with Crippen molar-refractivity contribution in [2.24, 2.45) is 0 Å². The molecule has 0 bridgehead atoms. The molecule has 6 nitrogen and oxygen atoms in total. The normalized spacial score (nSPS) is 17.8. The van der Waals surface area contributed by atoms with Gasteiger partial charge in [0.05, 0.1) is 33.9 Å². The quantitative estimate of drug-likeness (QED) is 0.657. The van der Waals surface area contributed by atoms with Gasteiger partial charge in [-0.15, -0.1) is 0 Å². The van der Waals surface area contributed by atoms with Gasteiger partial charge in [-0.25, -0.2) is 8.42 Å². The highest BCUT2D eigenvalue weighted by atomic mass is 35.5. The highest BCUT2D eigenvalue weighted by Crippen LogP contribution is 2.44. The summed E-state index contributed by atoms with van der Waals surface area (Å²) < 4.78 is 35.3. The van der Waals surface area contributed by atoms with E-state index in [1.165, 1.54) is 18.9 Å². The highest BCUT2D eigenvalue weighted by Gasteiger charge is 2.43. The molecule has 30 heavy (non-hydrogen) atoms. The van der Waals surface area contributed by atoms with Crippen LogP contribution in [0, 0.1) is 0 Å². The van der Waals surface area contributed by atoms with Crippen LogP contribution >= 0.6 is 11.6 Å². The maximum absolute atomic E-state index is 13.2. The Morgan fingerprint density at radius 3 is 2.57 bits per heavy atom. The van der Waals surface area contributed by atoms with Crippen molar-refractivity contribution in [1.29, 1.82) is 0 Å². The zero-order chi connectivity index (χ0) is 20.9. The molecule has 2 aliphatic heterocycles. The van der Waals surface area contributed by atoms with Gasteiger partial charge in [-0.2, -0.15) is 4.31 Å². The van der Waals surface area contributed by atoms with Gasteiger partial charge < -0.3 is 14.6 Å². The number of rotatable bonds is 3. The molecular weight excluding hydrogens is 422 g/mol. The Morgan fingerprint density at radius 1 is 1.07 bits per heavy atom. The zero-order valence-corrected chi connectivity index (χ0v) is 18.1. The molecule has 1 N–H and O–H groups in total. The number of aromatic nitrogens is 1. The second-order valence-electron chi connectivity index (χ2n) is 7.69. The van der Waals surface area contributed by atoms with Gasteiger partial charge in [-0.1, -0.05) is 23.7 Å². The van der Waals surface area contributed by atoms with Gasteiger partial charge in [0, 0.05) is 25.0 Å². The third-order valence-corrected chi connectivity index (χ3v) is 8.30. The van der Waals surface area contributed by atoms with Crippen LogP contribution in [0.25, 0.3) is 5.69 Å². The topological polar surface area (TPSA) is 63.6 Å². The van der Waals surface area contributed by atoms with Gasteiger partial charge >= 0.3 is 0 Å². The summed E-state index contributed by atoms with van der Waals surface area (Å²) in [6.45, 7) is 0.846. The Morgan fingerprint density at radius 2 is 1.83 bits per heavy atom. The molecule has 2 aliphatic rings. The molecule has 3 heterocycles. The number of para-hydroxylation sites is 2. The van der Waals surface area contributed by atoms with Crippen molar-refractivity contribution in [3.63, 3.8) is 0 Å². The van der Waals surface area contributed by atoms with Crippen molar-refractivity contribution in [2.75, 3.05) is 25.5 Å². The molecule has 1 fully saturated rings. The molecule has 0 aliphatic carbocycles. The Kier molecular flexibility index (Phi) is 4.57. The third-order valence-electron chi connectivity index (χ3n) is 6.11. The summed E-state index contributed by atoms with van der Waals surface area (Å²) in [5.74, 6) is 0.457. The van der Waals surface area contributed by atoms with Crippen LogP contribution in [0.15, 0.2) is 65.7 Å². The Bertz CT molecular complexity index is 1210. The van der Waals surface area contributed by atoms with Crippen LogP contribution in [0.1, 0.15) is 18.5 Å². The fraction of sp³-hybridized carbons (Fsp3) is 0.273.